The van der Waals surface area contributed by atoms with Gasteiger partial charge in [-0.25, -0.2) is 0 Å². The zero-order valence-corrected chi connectivity index (χ0v) is 12.6. The van der Waals surface area contributed by atoms with Crippen LogP contribution in [0.5, 0.6) is 0 Å². The van der Waals surface area contributed by atoms with Crippen LogP contribution in [-0.2, 0) is 4.79 Å². The van der Waals surface area contributed by atoms with E-state index in [1.165, 1.54) is 0 Å². The lowest BCUT2D eigenvalue weighted by molar-refractivity contribution is -0.122. The number of likely N-dealkylation sites (N-methyl/N-ethyl adjacent to an activating group) is 2. The predicted molar refractivity (Wildman–Crippen MR) is 76.3 cm³/mol. The first kappa shape index (κ1) is 17.4. The fourth-order valence-corrected chi connectivity index (χ4v) is 2.11. The van der Waals surface area contributed by atoms with Gasteiger partial charge in [-0.1, -0.05) is 6.92 Å². The van der Waals surface area contributed by atoms with Gasteiger partial charge >= 0.3 is 0 Å². The van der Waals surface area contributed by atoms with Gasteiger partial charge in [0.1, 0.15) is 0 Å². The van der Waals surface area contributed by atoms with Gasteiger partial charge in [0.25, 0.3) is 0 Å². The zero-order chi connectivity index (χ0) is 14.3. The monoisotopic (exact) mass is 258 g/mol. The number of carbonyl (C=O) groups excluding carboxylic acids is 1. The van der Waals surface area contributed by atoms with Gasteiger partial charge in [-0.3, -0.25) is 9.69 Å². The van der Waals surface area contributed by atoms with Gasteiger partial charge in [0, 0.05) is 12.6 Å². The van der Waals surface area contributed by atoms with Crippen molar-refractivity contribution in [3.05, 3.63) is 0 Å². The molecule has 0 fully saturated rings. The maximum atomic E-state index is 11.1. The zero-order valence-electron chi connectivity index (χ0n) is 12.6. The van der Waals surface area contributed by atoms with E-state index in [-0.39, 0.29) is 0 Å². The minimum Gasteiger partial charge on any atom is -0.368 e. The van der Waals surface area contributed by atoms with Crippen molar-refractivity contribution in [3.63, 3.8) is 0 Å². The van der Waals surface area contributed by atoms with E-state index in [1.807, 2.05) is 0 Å². The highest BCUT2D eigenvalue weighted by molar-refractivity contribution is 5.83. The van der Waals surface area contributed by atoms with Gasteiger partial charge in [-0.2, -0.15) is 0 Å². The second-order valence-electron chi connectivity index (χ2n) is 5.63. The summed E-state index contributed by atoms with van der Waals surface area (Å²) < 4.78 is 0. The molecule has 0 aromatic rings. The molecule has 18 heavy (non-hydrogen) atoms. The molecule has 0 aliphatic heterocycles. The van der Waals surface area contributed by atoms with E-state index in [9.17, 15) is 4.79 Å². The smallest absolute Gasteiger partial charge is 0.237 e. The molecule has 1 amide bonds. The van der Waals surface area contributed by atoms with E-state index in [0.29, 0.717) is 12.5 Å². The SMILES string of the molecule is CCN(CCCC(C)(N)C(N)=O)C(C)CN(C)C. The Balaban J connectivity index is 4.12. The molecule has 108 valence electrons. The number of amides is 1. The summed E-state index contributed by atoms with van der Waals surface area (Å²) in [6, 6.07) is 0.502. The number of carbonyl (C=O) groups is 1. The highest BCUT2D eigenvalue weighted by Gasteiger charge is 2.25. The van der Waals surface area contributed by atoms with E-state index in [4.69, 9.17) is 11.5 Å². The van der Waals surface area contributed by atoms with E-state index in [0.717, 1.165) is 26.1 Å². The Hall–Kier alpha value is -0.650. The number of nitrogens with zero attached hydrogens (tertiary/aromatic N) is 2. The molecule has 0 spiro atoms. The summed E-state index contributed by atoms with van der Waals surface area (Å²) in [4.78, 5) is 15.7. The number of primary amides is 1. The lowest BCUT2D eigenvalue weighted by Gasteiger charge is -2.31. The first-order chi connectivity index (χ1) is 8.20. The Morgan fingerprint density at radius 1 is 1.39 bits per heavy atom. The van der Waals surface area contributed by atoms with Gasteiger partial charge in [-0.05, 0) is 53.9 Å². The second kappa shape index (κ2) is 7.71. The van der Waals surface area contributed by atoms with E-state index < -0.39 is 11.4 Å². The van der Waals surface area contributed by atoms with Gasteiger partial charge in [0.05, 0.1) is 5.54 Å². The number of rotatable bonds is 9. The average Bonchev–Trinajstić information content (AvgIpc) is 2.22. The van der Waals surface area contributed by atoms with Crippen LogP contribution in [0.3, 0.4) is 0 Å². The van der Waals surface area contributed by atoms with Crippen LogP contribution in [0.15, 0.2) is 0 Å². The first-order valence-corrected chi connectivity index (χ1v) is 6.68. The maximum Gasteiger partial charge on any atom is 0.237 e. The van der Waals surface area contributed by atoms with Crippen LogP contribution in [-0.4, -0.2) is 61.0 Å². The Kier molecular flexibility index (Phi) is 7.43. The molecule has 2 unspecified atom stereocenters. The highest BCUT2D eigenvalue weighted by atomic mass is 16.1. The van der Waals surface area contributed by atoms with Crippen molar-refractivity contribution in [2.75, 3.05) is 33.7 Å². The van der Waals surface area contributed by atoms with E-state index >= 15 is 0 Å². The number of hydrogen-bond donors (Lipinski definition) is 2. The Bertz CT molecular complexity index is 253. The third kappa shape index (κ3) is 6.33. The van der Waals surface area contributed by atoms with Crippen molar-refractivity contribution in [2.45, 2.75) is 45.2 Å². The maximum absolute atomic E-state index is 11.1. The van der Waals surface area contributed by atoms with Crippen molar-refractivity contribution in [1.29, 1.82) is 0 Å². The topological polar surface area (TPSA) is 75.6 Å². The molecule has 0 radical (unpaired) electrons. The molecule has 0 bridgehead atoms. The third-order valence-corrected chi connectivity index (χ3v) is 3.36. The van der Waals surface area contributed by atoms with E-state index in [1.54, 1.807) is 6.92 Å². The number of hydrogen-bond acceptors (Lipinski definition) is 4. The molecule has 5 nitrogen and oxygen atoms in total. The standard InChI is InChI=1S/C13H30N4O/c1-6-17(11(2)10-16(4)5)9-7-8-13(3,15)12(14)18/h11H,6-10,15H2,1-5H3,(H2,14,18). The minimum atomic E-state index is -0.885. The molecular formula is C13H30N4O. The molecule has 4 N–H and O–H groups in total. The largest absolute Gasteiger partial charge is 0.368 e. The van der Waals surface area contributed by atoms with Gasteiger partial charge in [0.2, 0.25) is 5.91 Å². The predicted octanol–water partition coefficient (Wildman–Crippen LogP) is 0.241. The fraction of sp³-hybridized carbons (Fsp3) is 0.923. The Morgan fingerprint density at radius 2 is 1.94 bits per heavy atom. The summed E-state index contributed by atoms with van der Waals surface area (Å²) in [6.45, 7) is 9.07. The van der Waals surface area contributed by atoms with Crippen LogP contribution in [0.1, 0.15) is 33.6 Å². The fourth-order valence-electron chi connectivity index (χ4n) is 2.11. The molecule has 0 rings (SSSR count). The van der Waals surface area contributed by atoms with Gasteiger partial charge in [-0.15, -0.1) is 0 Å². The molecule has 5 heteroatoms. The van der Waals surface area contributed by atoms with Crippen LogP contribution in [0.4, 0.5) is 0 Å². The molecule has 0 aromatic heterocycles. The molecule has 0 saturated carbocycles. The van der Waals surface area contributed by atoms with Crippen molar-refractivity contribution in [1.82, 2.24) is 9.80 Å². The summed E-state index contributed by atoms with van der Waals surface area (Å²) in [6.07, 6.45) is 1.52. The molecule has 0 aliphatic rings. The Morgan fingerprint density at radius 3 is 2.33 bits per heavy atom. The summed E-state index contributed by atoms with van der Waals surface area (Å²) in [7, 11) is 4.16. The first-order valence-electron chi connectivity index (χ1n) is 6.68. The molecule has 0 aliphatic carbocycles. The normalized spacial score (nSPS) is 16.9. The van der Waals surface area contributed by atoms with Crippen molar-refractivity contribution in [2.24, 2.45) is 11.5 Å². The lowest BCUT2D eigenvalue weighted by atomic mass is 9.96. The summed E-state index contributed by atoms with van der Waals surface area (Å²) in [5.74, 6) is -0.424. The second-order valence-corrected chi connectivity index (χ2v) is 5.63. The van der Waals surface area contributed by atoms with Crippen LogP contribution >= 0.6 is 0 Å². The summed E-state index contributed by atoms with van der Waals surface area (Å²) >= 11 is 0. The van der Waals surface area contributed by atoms with Crippen LogP contribution in [0.25, 0.3) is 0 Å². The summed E-state index contributed by atoms with van der Waals surface area (Å²) in [5.41, 5.74) is 10.2. The highest BCUT2D eigenvalue weighted by Crippen LogP contribution is 2.10. The number of nitrogens with two attached hydrogens (primary N) is 2. The summed E-state index contributed by atoms with van der Waals surface area (Å²) in [5, 5.41) is 0. The quantitative estimate of drug-likeness (QED) is 0.621. The molecule has 2 atom stereocenters. The van der Waals surface area contributed by atoms with Crippen LogP contribution < -0.4 is 11.5 Å². The Labute approximate surface area is 111 Å². The lowest BCUT2D eigenvalue weighted by Crippen LogP contribution is -2.50. The molecular weight excluding hydrogens is 228 g/mol. The van der Waals surface area contributed by atoms with E-state index in [2.05, 4.69) is 37.7 Å². The van der Waals surface area contributed by atoms with Crippen molar-refractivity contribution < 1.29 is 4.79 Å². The van der Waals surface area contributed by atoms with Gasteiger partial charge in [0.15, 0.2) is 0 Å². The average molecular weight is 258 g/mol. The van der Waals surface area contributed by atoms with Gasteiger partial charge < -0.3 is 16.4 Å². The molecule has 0 aromatic carbocycles. The van der Waals surface area contributed by atoms with Crippen molar-refractivity contribution >= 4 is 5.91 Å². The van der Waals surface area contributed by atoms with Crippen molar-refractivity contribution in [3.8, 4) is 0 Å². The third-order valence-electron chi connectivity index (χ3n) is 3.36. The molecule has 0 heterocycles. The molecule has 0 saturated heterocycles. The minimum absolute atomic E-state index is 0.424. The van der Waals surface area contributed by atoms with Crippen LogP contribution in [0, 0.1) is 0 Å². The van der Waals surface area contributed by atoms with Crippen LogP contribution in [0.2, 0.25) is 0 Å².